The topological polar surface area (TPSA) is 66.6 Å². The number of aliphatic hydroxyl groups excluding tert-OH is 1. The quantitative estimate of drug-likeness (QED) is 0.701. The van der Waals surface area contributed by atoms with Gasteiger partial charge >= 0.3 is 0 Å². The number of amides is 1. The standard InChI is InChI=1S/C11H20N2O2/c12-11(5-6-11)10(15)13(7-8-14)9-3-1-2-4-9/h9,14H,1-8,12H2. The van der Waals surface area contributed by atoms with Crippen molar-refractivity contribution in [3.05, 3.63) is 0 Å². The van der Waals surface area contributed by atoms with Gasteiger partial charge in [-0.05, 0) is 25.7 Å². The second-order valence-corrected chi connectivity index (χ2v) is 4.82. The molecule has 2 aliphatic rings. The van der Waals surface area contributed by atoms with Gasteiger partial charge in [0.05, 0.1) is 12.1 Å². The number of aliphatic hydroxyl groups is 1. The van der Waals surface area contributed by atoms with E-state index in [2.05, 4.69) is 0 Å². The van der Waals surface area contributed by atoms with Crippen molar-refractivity contribution >= 4 is 5.91 Å². The molecule has 0 heterocycles. The normalized spacial score (nSPS) is 24.1. The molecular formula is C11H20N2O2. The molecule has 0 aromatic heterocycles. The molecule has 1 amide bonds. The first-order valence-corrected chi connectivity index (χ1v) is 5.88. The number of nitrogens with zero attached hydrogens (tertiary/aromatic N) is 1. The molecular weight excluding hydrogens is 192 g/mol. The molecule has 15 heavy (non-hydrogen) atoms. The number of hydrogen-bond acceptors (Lipinski definition) is 3. The van der Waals surface area contributed by atoms with Gasteiger partial charge < -0.3 is 15.7 Å². The summed E-state index contributed by atoms with van der Waals surface area (Å²) in [7, 11) is 0. The summed E-state index contributed by atoms with van der Waals surface area (Å²) in [6.07, 6.45) is 6.14. The lowest BCUT2D eigenvalue weighted by atomic mass is 10.1. The molecule has 0 aromatic carbocycles. The third-order valence-electron chi connectivity index (χ3n) is 3.58. The maximum absolute atomic E-state index is 12.1. The molecule has 4 nitrogen and oxygen atoms in total. The minimum Gasteiger partial charge on any atom is -0.395 e. The molecule has 0 bridgehead atoms. The molecule has 2 saturated carbocycles. The van der Waals surface area contributed by atoms with E-state index in [1.54, 1.807) is 0 Å². The fourth-order valence-corrected chi connectivity index (χ4v) is 2.41. The Morgan fingerprint density at radius 2 is 2.00 bits per heavy atom. The van der Waals surface area contributed by atoms with E-state index >= 15 is 0 Å². The van der Waals surface area contributed by atoms with Gasteiger partial charge in [0.2, 0.25) is 5.91 Å². The van der Waals surface area contributed by atoms with Gasteiger partial charge in [-0.1, -0.05) is 12.8 Å². The maximum atomic E-state index is 12.1. The van der Waals surface area contributed by atoms with E-state index in [1.165, 1.54) is 12.8 Å². The van der Waals surface area contributed by atoms with Crippen LogP contribution in [0.4, 0.5) is 0 Å². The van der Waals surface area contributed by atoms with Crippen LogP contribution < -0.4 is 5.73 Å². The van der Waals surface area contributed by atoms with Crippen molar-refractivity contribution in [3.63, 3.8) is 0 Å². The molecule has 2 fully saturated rings. The van der Waals surface area contributed by atoms with E-state index in [4.69, 9.17) is 10.8 Å². The molecule has 0 unspecified atom stereocenters. The summed E-state index contributed by atoms with van der Waals surface area (Å²) in [4.78, 5) is 13.9. The second kappa shape index (κ2) is 4.10. The van der Waals surface area contributed by atoms with Gasteiger partial charge in [0.1, 0.15) is 0 Å². The lowest BCUT2D eigenvalue weighted by Crippen LogP contribution is -2.50. The molecule has 86 valence electrons. The van der Waals surface area contributed by atoms with E-state index in [-0.39, 0.29) is 12.5 Å². The van der Waals surface area contributed by atoms with E-state index in [0.29, 0.717) is 12.6 Å². The van der Waals surface area contributed by atoms with Crippen molar-refractivity contribution < 1.29 is 9.90 Å². The summed E-state index contributed by atoms with van der Waals surface area (Å²) in [6.45, 7) is 0.487. The van der Waals surface area contributed by atoms with Crippen LogP contribution in [0.5, 0.6) is 0 Å². The van der Waals surface area contributed by atoms with Crippen LogP contribution in [0.2, 0.25) is 0 Å². The highest BCUT2D eigenvalue weighted by atomic mass is 16.3. The van der Waals surface area contributed by atoms with Crippen molar-refractivity contribution in [2.45, 2.75) is 50.1 Å². The number of hydrogen-bond donors (Lipinski definition) is 2. The SMILES string of the molecule is NC1(C(=O)N(CCO)C2CCCC2)CC1. The first kappa shape index (κ1) is 10.9. The predicted octanol–water partition coefficient (Wildman–Crippen LogP) is 0.241. The Morgan fingerprint density at radius 3 is 2.47 bits per heavy atom. The van der Waals surface area contributed by atoms with Crippen molar-refractivity contribution in [2.24, 2.45) is 5.73 Å². The number of carbonyl (C=O) groups excluding carboxylic acids is 1. The van der Waals surface area contributed by atoms with Crippen molar-refractivity contribution in [3.8, 4) is 0 Å². The molecule has 4 heteroatoms. The van der Waals surface area contributed by atoms with Gasteiger partial charge in [-0.15, -0.1) is 0 Å². The van der Waals surface area contributed by atoms with Crippen LogP contribution in [0, 0.1) is 0 Å². The van der Waals surface area contributed by atoms with Gasteiger partial charge in [-0.25, -0.2) is 0 Å². The monoisotopic (exact) mass is 212 g/mol. The summed E-state index contributed by atoms with van der Waals surface area (Å²) < 4.78 is 0. The number of rotatable bonds is 4. The Hall–Kier alpha value is -0.610. The zero-order valence-electron chi connectivity index (χ0n) is 9.11. The number of nitrogens with two attached hydrogens (primary N) is 1. The van der Waals surface area contributed by atoms with E-state index in [1.807, 2.05) is 4.90 Å². The van der Waals surface area contributed by atoms with E-state index in [0.717, 1.165) is 25.7 Å². The zero-order chi connectivity index (χ0) is 10.9. The maximum Gasteiger partial charge on any atom is 0.242 e. The highest BCUT2D eigenvalue weighted by molar-refractivity contribution is 5.89. The molecule has 0 saturated heterocycles. The van der Waals surface area contributed by atoms with Crippen LogP contribution >= 0.6 is 0 Å². The van der Waals surface area contributed by atoms with Gasteiger partial charge in [0.15, 0.2) is 0 Å². The van der Waals surface area contributed by atoms with Gasteiger partial charge in [-0.2, -0.15) is 0 Å². The Kier molecular flexibility index (Phi) is 2.98. The van der Waals surface area contributed by atoms with Crippen LogP contribution in [-0.4, -0.2) is 40.6 Å². The summed E-state index contributed by atoms with van der Waals surface area (Å²) >= 11 is 0. The van der Waals surface area contributed by atoms with Gasteiger partial charge in [-0.3, -0.25) is 4.79 Å². The van der Waals surface area contributed by atoms with Crippen LogP contribution in [0.25, 0.3) is 0 Å². The van der Waals surface area contributed by atoms with Crippen LogP contribution in [-0.2, 0) is 4.79 Å². The Morgan fingerprint density at radius 1 is 1.40 bits per heavy atom. The van der Waals surface area contributed by atoms with E-state index in [9.17, 15) is 4.79 Å². The second-order valence-electron chi connectivity index (χ2n) is 4.82. The molecule has 0 atom stereocenters. The Bertz CT molecular complexity index is 245. The smallest absolute Gasteiger partial charge is 0.242 e. The lowest BCUT2D eigenvalue weighted by Gasteiger charge is -2.30. The van der Waals surface area contributed by atoms with Crippen molar-refractivity contribution in [1.29, 1.82) is 0 Å². The summed E-state index contributed by atoms with van der Waals surface area (Å²) in [5.41, 5.74) is 5.33. The molecule has 0 spiro atoms. The average Bonchev–Trinajstić information content (AvgIpc) is 2.80. The highest BCUT2D eigenvalue weighted by Crippen LogP contribution is 2.36. The Labute approximate surface area is 90.4 Å². The molecule has 0 aliphatic heterocycles. The third-order valence-corrected chi connectivity index (χ3v) is 3.58. The summed E-state index contributed by atoms with van der Waals surface area (Å²) in [6, 6.07) is 0.325. The summed E-state index contributed by atoms with van der Waals surface area (Å²) in [5, 5.41) is 9.00. The Balaban J connectivity index is 2.01. The lowest BCUT2D eigenvalue weighted by molar-refractivity contribution is -0.136. The van der Waals surface area contributed by atoms with Crippen LogP contribution in [0.3, 0.4) is 0 Å². The summed E-state index contributed by atoms with van der Waals surface area (Å²) in [5.74, 6) is 0.0588. The molecule has 2 rings (SSSR count). The highest BCUT2D eigenvalue weighted by Gasteiger charge is 2.49. The zero-order valence-corrected chi connectivity index (χ0v) is 9.11. The third kappa shape index (κ3) is 2.16. The predicted molar refractivity (Wildman–Crippen MR) is 57.2 cm³/mol. The molecule has 0 radical (unpaired) electrons. The van der Waals surface area contributed by atoms with Crippen molar-refractivity contribution in [2.75, 3.05) is 13.2 Å². The van der Waals surface area contributed by atoms with Crippen LogP contribution in [0.15, 0.2) is 0 Å². The molecule has 0 aromatic rings. The van der Waals surface area contributed by atoms with Crippen molar-refractivity contribution in [1.82, 2.24) is 4.90 Å². The fourth-order valence-electron chi connectivity index (χ4n) is 2.41. The fraction of sp³-hybridized carbons (Fsp3) is 0.909. The van der Waals surface area contributed by atoms with Crippen LogP contribution in [0.1, 0.15) is 38.5 Å². The minimum absolute atomic E-state index is 0.0400. The first-order chi connectivity index (χ1) is 7.17. The molecule has 3 N–H and O–H groups in total. The van der Waals surface area contributed by atoms with E-state index < -0.39 is 5.54 Å². The largest absolute Gasteiger partial charge is 0.395 e. The molecule has 2 aliphatic carbocycles. The van der Waals surface area contributed by atoms with Gasteiger partial charge in [0, 0.05) is 12.6 Å². The number of carbonyl (C=O) groups is 1. The first-order valence-electron chi connectivity index (χ1n) is 5.88. The average molecular weight is 212 g/mol. The van der Waals surface area contributed by atoms with Gasteiger partial charge in [0.25, 0.3) is 0 Å². The minimum atomic E-state index is -0.586.